The Labute approximate surface area is 88.1 Å². The number of hydrogen-bond acceptors (Lipinski definition) is 2. The first-order chi connectivity index (χ1) is 6.43. The molecule has 0 amide bonds. The third kappa shape index (κ3) is 2.71. The number of aliphatic hydroxyl groups is 1. The van der Waals surface area contributed by atoms with Gasteiger partial charge >= 0.3 is 0 Å². The van der Waals surface area contributed by atoms with Crippen LogP contribution in [-0.2, 0) is 0 Å². The number of aliphatic hydroxyl groups excluding tert-OH is 1. The molecule has 2 unspecified atom stereocenters. The lowest BCUT2D eigenvalue weighted by Crippen LogP contribution is -2.51. The second-order valence-electron chi connectivity index (χ2n) is 5.86. The van der Waals surface area contributed by atoms with Crippen LogP contribution in [0.15, 0.2) is 0 Å². The molecule has 0 aromatic heterocycles. The molecule has 0 aromatic rings. The van der Waals surface area contributed by atoms with Crippen LogP contribution in [-0.4, -0.2) is 24.3 Å². The fraction of sp³-hybridized carbons (Fsp3) is 1.00. The van der Waals surface area contributed by atoms with Gasteiger partial charge in [-0.2, -0.15) is 0 Å². The van der Waals surface area contributed by atoms with Gasteiger partial charge in [0.2, 0.25) is 0 Å². The van der Waals surface area contributed by atoms with Crippen LogP contribution in [0.5, 0.6) is 0 Å². The van der Waals surface area contributed by atoms with Crippen LogP contribution in [0.25, 0.3) is 0 Å². The summed E-state index contributed by atoms with van der Waals surface area (Å²) >= 11 is 0. The van der Waals surface area contributed by atoms with Crippen LogP contribution in [0.3, 0.4) is 0 Å². The molecule has 1 aliphatic rings. The van der Waals surface area contributed by atoms with Gasteiger partial charge in [0.25, 0.3) is 0 Å². The minimum absolute atomic E-state index is 0.177. The highest BCUT2D eigenvalue weighted by molar-refractivity contribution is 4.97. The monoisotopic (exact) mass is 199 g/mol. The van der Waals surface area contributed by atoms with Gasteiger partial charge in [0.1, 0.15) is 0 Å². The second-order valence-corrected chi connectivity index (χ2v) is 5.86. The van der Waals surface area contributed by atoms with Crippen LogP contribution in [0.1, 0.15) is 46.5 Å². The predicted octanol–water partition coefficient (Wildman–Crippen LogP) is 2.17. The van der Waals surface area contributed by atoms with Crippen LogP contribution in [0.2, 0.25) is 0 Å². The number of nitrogens with one attached hydrogen (secondary N) is 1. The zero-order valence-corrected chi connectivity index (χ0v) is 10.1. The highest BCUT2D eigenvalue weighted by Gasteiger charge is 2.41. The third-order valence-electron chi connectivity index (χ3n) is 3.58. The molecule has 0 spiro atoms. The summed E-state index contributed by atoms with van der Waals surface area (Å²) in [5.41, 5.74) is 0.589. The van der Waals surface area contributed by atoms with Crippen molar-refractivity contribution in [2.45, 2.75) is 52.0 Å². The summed E-state index contributed by atoms with van der Waals surface area (Å²) in [5, 5.41) is 12.6. The summed E-state index contributed by atoms with van der Waals surface area (Å²) in [6, 6.07) is 0. The largest absolute Gasteiger partial charge is 0.396 e. The number of hydrogen-bond donors (Lipinski definition) is 2. The first-order valence-corrected chi connectivity index (χ1v) is 5.73. The Bertz CT molecular complexity index is 191. The third-order valence-corrected chi connectivity index (χ3v) is 3.58. The van der Waals surface area contributed by atoms with E-state index < -0.39 is 0 Å². The van der Waals surface area contributed by atoms with Gasteiger partial charge in [0, 0.05) is 12.1 Å². The van der Waals surface area contributed by atoms with Gasteiger partial charge in [-0.25, -0.2) is 0 Å². The summed E-state index contributed by atoms with van der Waals surface area (Å²) in [4.78, 5) is 0. The lowest BCUT2D eigenvalue weighted by molar-refractivity contribution is 0.0666. The molecular weight excluding hydrogens is 174 g/mol. The molecule has 1 aliphatic carbocycles. The van der Waals surface area contributed by atoms with Crippen LogP contribution < -0.4 is 5.32 Å². The summed E-state index contributed by atoms with van der Waals surface area (Å²) in [6.45, 7) is 7.30. The topological polar surface area (TPSA) is 32.3 Å². The van der Waals surface area contributed by atoms with Gasteiger partial charge in [0.15, 0.2) is 0 Å². The fourth-order valence-corrected chi connectivity index (χ4v) is 3.46. The molecule has 84 valence electrons. The zero-order chi connectivity index (χ0) is 10.8. The van der Waals surface area contributed by atoms with Crippen LogP contribution in [0.4, 0.5) is 0 Å². The van der Waals surface area contributed by atoms with E-state index in [9.17, 15) is 0 Å². The van der Waals surface area contributed by atoms with Crippen molar-refractivity contribution in [3.63, 3.8) is 0 Å². The van der Waals surface area contributed by atoms with E-state index >= 15 is 0 Å². The maximum atomic E-state index is 9.13. The summed E-state index contributed by atoms with van der Waals surface area (Å²) in [7, 11) is 2.03. The Hall–Kier alpha value is -0.0800. The van der Waals surface area contributed by atoms with Crippen molar-refractivity contribution in [2.75, 3.05) is 13.7 Å². The molecular formula is C12H25NO. The molecule has 0 saturated heterocycles. The zero-order valence-electron chi connectivity index (χ0n) is 10.1. The molecule has 2 atom stereocenters. The Morgan fingerprint density at radius 1 is 1.36 bits per heavy atom. The van der Waals surface area contributed by atoms with Crippen LogP contribution >= 0.6 is 0 Å². The first-order valence-electron chi connectivity index (χ1n) is 5.73. The Kier molecular flexibility index (Phi) is 3.59. The molecule has 2 heteroatoms. The van der Waals surface area contributed by atoms with E-state index in [-0.39, 0.29) is 5.54 Å². The van der Waals surface area contributed by atoms with Gasteiger partial charge in [-0.3, -0.25) is 0 Å². The van der Waals surface area contributed by atoms with E-state index in [0.717, 1.165) is 12.3 Å². The van der Waals surface area contributed by atoms with Crippen LogP contribution in [0, 0.1) is 11.3 Å². The highest BCUT2D eigenvalue weighted by Crippen LogP contribution is 2.44. The molecule has 0 aliphatic heterocycles. The van der Waals surface area contributed by atoms with E-state index in [1.165, 1.54) is 19.3 Å². The first kappa shape index (κ1) is 12.0. The van der Waals surface area contributed by atoms with Crippen molar-refractivity contribution < 1.29 is 5.11 Å². The van der Waals surface area contributed by atoms with E-state index in [1.807, 2.05) is 7.05 Å². The van der Waals surface area contributed by atoms with E-state index in [0.29, 0.717) is 12.0 Å². The smallest absolute Gasteiger partial charge is 0.0448 e. The van der Waals surface area contributed by atoms with Gasteiger partial charge < -0.3 is 10.4 Å². The summed E-state index contributed by atoms with van der Waals surface area (Å²) < 4.78 is 0. The minimum Gasteiger partial charge on any atom is -0.396 e. The lowest BCUT2D eigenvalue weighted by Gasteiger charge is -2.47. The Morgan fingerprint density at radius 3 is 2.43 bits per heavy atom. The van der Waals surface area contributed by atoms with Gasteiger partial charge in [-0.05, 0) is 44.1 Å². The predicted molar refractivity (Wildman–Crippen MR) is 60.3 cm³/mol. The molecule has 2 N–H and O–H groups in total. The fourth-order valence-electron chi connectivity index (χ4n) is 3.46. The summed E-state index contributed by atoms with van der Waals surface area (Å²) in [6.07, 6.45) is 4.58. The van der Waals surface area contributed by atoms with Crippen molar-refractivity contribution in [1.29, 1.82) is 0 Å². The molecule has 1 fully saturated rings. The van der Waals surface area contributed by atoms with Crippen molar-refractivity contribution in [3.05, 3.63) is 0 Å². The molecule has 1 rings (SSSR count). The minimum atomic E-state index is 0.177. The normalized spacial score (nSPS) is 37.1. The van der Waals surface area contributed by atoms with Crippen molar-refractivity contribution >= 4 is 0 Å². The summed E-state index contributed by atoms with van der Waals surface area (Å²) in [5.74, 6) is 0.762. The Morgan fingerprint density at radius 2 is 2.00 bits per heavy atom. The van der Waals surface area contributed by atoms with E-state index in [1.54, 1.807) is 0 Å². The van der Waals surface area contributed by atoms with Gasteiger partial charge in [-0.1, -0.05) is 20.8 Å². The van der Waals surface area contributed by atoms with Gasteiger partial charge in [0.05, 0.1) is 0 Å². The average Bonchev–Trinajstić information content (AvgIpc) is 2.00. The standard InChI is InChI=1S/C12H25NO/c1-10-7-11(2,3)9-12(8-10,13-4)5-6-14/h10,13-14H,5-9H2,1-4H3. The second kappa shape index (κ2) is 4.19. The van der Waals surface area contributed by atoms with Crippen molar-refractivity contribution in [3.8, 4) is 0 Å². The highest BCUT2D eigenvalue weighted by atomic mass is 16.3. The molecule has 1 saturated carbocycles. The quantitative estimate of drug-likeness (QED) is 0.730. The molecule has 2 nitrogen and oxygen atoms in total. The number of rotatable bonds is 3. The average molecular weight is 199 g/mol. The maximum Gasteiger partial charge on any atom is 0.0448 e. The SMILES string of the molecule is CNC1(CCO)CC(C)CC(C)(C)C1. The van der Waals surface area contributed by atoms with Crippen molar-refractivity contribution in [1.82, 2.24) is 5.32 Å². The molecule has 14 heavy (non-hydrogen) atoms. The van der Waals surface area contributed by atoms with E-state index in [4.69, 9.17) is 5.11 Å². The maximum absolute atomic E-state index is 9.13. The molecule has 0 heterocycles. The Balaban J connectivity index is 2.75. The van der Waals surface area contributed by atoms with Gasteiger partial charge in [-0.15, -0.1) is 0 Å². The molecule has 0 radical (unpaired) electrons. The lowest BCUT2D eigenvalue weighted by atomic mass is 9.63. The van der Waals surface area contributed by atoms with E-state index in [2.05, 4.69) is 26.1 Å². The van der Waals surface area contributed by atoms with Crippen molar-refractivity contribution in [2.24, 2.45) is 11.3 Å². The molecule has 0 bridgehead atoms. The molecule has 0 aromatic carbocycles.